The van der Waals surface area contributed by atoms with E-state index in [1.165, 1.54) is 10.9 Å². The molecule has 154 valence electrons. The van der Waals surface area contributed by atoms with E-state index in [0.29, 0.717) is 12.2 Å². The van der Waals surface area contributed by atoms with Crippen molar-refractivity contribution in [2.75, 3.05) is 6.61 Å². The predicted molar refractivity (Wildman–Crippen MR) is 128 cm³/mol. The van der Waals surface area contributed by atoms with Gasteiger partial charge in [0.15, 0.2) is 0 Å². The first-order chi connectivity index (χ1) is 15.2. The van der Waals surface area contributed by atoms with Gasteiger partial charge >= 0.3 is 5.97 Å². The van der Waals surface area contributed by atoms with Crippen molar-refractivity contribution in [1.29, 1.82) is 0 Å². The standard InChI is InChI=1S/C28H25NO2/c1-3-31-28(30)26-24(18-17-19-11-5-4-6-12-19)29(2)27-23-16-10-8-14-21(23)20-13-7-9-15-22(20)25(26)27/h4-16H,3,17-18H2,1-2H3. The van der Waals surface area contributed by atoms with Gasteiger partial charge in [0.05, 0.1) is 17.7 Å². The summed E-state index contributed by atoms with van der Waals surface area (Å²) in [6, 6.07) is 27.2. The van der Waals surface area contributed by atoms with Crippen LogP contribution in [0.5, 0.6) is 0 Å². The third-order valence-corrected chi connectivity index (χ3v) is 6.16. The molecule has 3 heteroatoms. The Labute approximate surface area is 181 Å². The number of benzene rings is 4. The van der Waals surface area contributed by atoms with E-state index in [0.717, 1.165) is 45.6 Å². The van der Waals surface area contributed by atoms with Crippen molar-refractivity contribution < 1.29 is 9.53 Å². The second-order valence-electron chi connectivity index (χ2n) is 7.90. The summed E-state index contributed by atoms with van der Waals surface area (Å²) < 4.78 is 7.76. The first-order valence-electron chi connectivity index (χ1n) is 10.8. The van der Waals surface area contributed by atoms with Crippen LogP contribution < -0.4 is 0 Å². The molecule has 0 N–H and O–H groups in total. The fourth-order valence-electron chi connectivity index (χ4n) is 4.79. The summed E-state index contributed by atoms with van der Waals surface area (Å²) in [5.41, 5.74) is 4.09. The molecular weight excluding hydrogens is 382 g/mol. The van der Waals surface area contributed by atoms with Gasteiger partial charge in [-0.25, -0.2) is 4.79 Å². The van der Waals surface area contributed by atoms with Crippen LogP contribution in [0.2, 0.25) is 0 Å². The predicted octanol–water partition coefficient (Wildman–Crippen LogP) is 6.45. The zero-order valence-electron chi connectivity index (χ0n) is 17.9. The Balaban J connectivity index is 1.85. The topological polar surface area (TPSA) is 31.2 Å². The van der Waals surface area contributed by atoms with Gasteiger partial charge in [0.2, 0.25) is 0 Å². The van der Waals surface area contributed by atoms with Gasteiger partial charge in [0, 0.05) is 23.5 Å². The fraction of sp³-hybridized carbons (Fsp3) is 0.179. The molecule has 1 aromatic heterocycles. The number of fused-ring (bicyclic) bond motifs is 6. The average Bonchev–Trinajstić information content (AvgIpc) is 3.11. The van der Waals surface area contributed by atoms with Gasteiger partial charge in [0.25, 0.3) is 0 Å². The van der Waals surface area contributed by atoms with Crippen molar-refractivity contribution in [3.63, 3.8) is 0 Å². The maximum Gasteiger partial charge on any atom is 0.340 e. The quantitative estimate of drug-likeness (QED) is 0.248. The molecule has 0 amide bonds. The molecule has 0 aliphatic rings. The highest BCUT2D eigenvalue weighted by Gasteiger charge is 2.25. The van der Waals surface area contributed by atoms with Crippen molar-refractivity contribution in [3.05, 3.63) is 95.7 Å². The van der Waals surface area contributed by atoms with Gasteiger partial charge in [-0.15, -0.1) is 0 Å². The van der Waals surface area contributed by atoms with Crippen LogP contribution in [0, 0.1) is 0 Å². The molecule has 0 saturated carbocycles. The molecule has 0 radical (unpaired) electrons. The van der Waals surface area contributed by atoms with E-state index < -0.39 is 0 Å². The first-order valence-corrected chi connectivity index (χ1v) is 10.8. The summed E-state index contributed by atoms with van der Waals surface area (Å²) in [4.78, 5) is 13.2. The third-order valence-electron chi connectivity index (χ3n) is 6.16. The minimum atomic E-state index is -0.239. The summed E-state index contributed by atoms with van der Waals surface area (Å²) in [6.45, 7) is 2.22. The highest BCUT2D eigenvalue weighted by atomic mass is 16.5. The SMILES string of the molecule is CCOC(=O)c1c(CCc2ccccc2)n(C)c2c3ccccc3c3ccccc3c12. The van der Waals surface area contributed by atoms with Crippen molar-refractivity contribution in [2.24, 2.45) is 7.05 Å². The van der Waals surface area contributed by atoms with Gasteiger partial charge in [-0.2, -0.15) is 0 Å². The number of carbonyl (C=O) groups excluding carboxylic acids is 1. The molecule has 0 spiro atoms. The van der Waals surface area contributed by atoms with E-state index in [1.807, 2.05) is 19.1 Å². The monoisotopic (exact) mass is 407 g/mol. The minimum absolute atomic E-state index is 0.239. The van der Waals surface area contributed by atoms with E-state index in [4.69, 9.17) is 4.74 Å². The molecule has 5 aromatic rings. The lowest BCUT2D eigenvalue weighted by Crippen LogP contribution is -2.10. The summed E-state index contributed by atoms with van der Waals surface area (Å²) >= 11 is 0. The lowest BCUT2D eigenvalue weighted by molar-refractivity contribution is 0.0527. The Hall–Kier alpha value is -3.59. The third kappa shape index (κ3) is 3.17. The maximum absolute atomic E-state index is 13.2. The van der Waals surface area contributed by atoms with Crippen molar-refractivity contribution in [3.8, 4) is 0 Å². The molecule has 0 aliphatic carbocycles. The molecule has 3 nitrogen and oxygen atoms in total. The van der Waals surface area contributed by atoms with Gasteiger partial charge in [-0.3, -0.25) is 0 Å². The second-order valence-corrected chi connectivity index (χ2v) is 7.90. The van der Waals surface area contributed by atoms with Crippen LogP contribution in [-0.4, -0.2) is 17.1 Å². The van der Waals surface area contributed by atoms with Crippen molar-refractivity contribution >= 4 is 38.4 Å². The van der Waals surface area contributed by atoms with Gasteiger partial charge in [-0.1, -0.05) is 78.9 Å². The maximum atomic E-state index is 13.2. The number of hydrogen-bond acceptors (Lipinski definition) is 2. The van der Waals surface area contributed by atoms with Crippen LogP contribution in [0.1, 0.15) is 28.5 Å². The van der Waals surface area contributed by atoms with Crippen LogP contribution >= 0.6 is 0 Å². The number of nitrogens with zero attached hydrogens (tertiary/aromatic N) is 1. The van der Waals surface area contributed by atoms with Crippen LogP contribution in [0.4, 0.5) is 0 Å². The van der Waals surface area contributed by atoms with Crippen LogP contribution in [-0.2, 0) is 24.6 Å². The molecule has 0 atom stereocenters. The Bertz CT molecular complexity index is 1410. The molecule has 0 aliphatic heterocycles. The second kappa shape index (κ2) is 7.92. The Morgan fingerprint density at radius 1 is 0.774 bits per heavy atom. The molecular formula is C28H25NO2. The highest BCUT2D eigenvalue weighted by molar-refractivity contribution is 6.29. The fourth-order valence-corrected chi connectivity index (χ4v) is 4.79. The number of aromatic nitrogens is 1. The van der Waals surface area contributed by atoms with E-state index >= 15 is 0 Å². The molecule has 1 heterocycles. The summed E-state index contributed by atoms with van der Waals surface area (Å²) in [5.74, 6) is -0.239. The molecule has 0 saturated heterocycles. The normalized spacial score (nSPS) is 11.4. The molecule has 0 bridgehead atoms. The number of carbonyl (C=O) groups is 1. The molecule has 4 aromatic carbocycles. The summed E-state index contributed by atoms with van der Waals surface area (Å²) in [6.07, 6.45) is 1.64. The van der Waals surface area contributed by atoms with Crippen LogP contribution in [0.25, 0.3) is 32.4 Å². The van der Waals surface area contributed by atoms with E-state index in [-0.39, 0.29) is 5.97 Å². The largest absolute Gasteiger partial charge is 0.462 e. The Kier molecular flexibility index (Phi) is 4.95. The van der Waals surface area contributed by atoms with Gasteiger partial charge in [-0.05, 0) is 41.5 Å². The minimum Gasteiger partial charge on any atom is -0.462 e. The number of esters is 1. The lowest BCUT2D eigenvalue weighted by atomic mass is 9.95. The molecule has 0 fully saturated rings. The highest BCUT2D eigenvalue weighted by Crippen LogP contribution is 2.39. The number of aryl methyl sites for hydroxylation is 2. The van der Waals surface area contributed by atoms with E-state index in [9.17, 15) is 4.79 Å². The first kappa shape index (κ1) is 19.4. The number of rotatable bonds is 5. The lowest BCUT2D eigenvalue weighted by Gasteiger charge is -2.09. The summed E-state index contributed by atoms with van der Waals surface area (Å²) in [7, 11) is 2.08. The van der Waals surface area contributed by atoms with E-state index in [2.05, 4.69) is 78.3 Å². The van der Waals surface area contributed by atoms with E-state index in [1.54, 1.807) is 0 Å². The van der Waals surface area contributed by atoms with Crippen molar-refractivity contribution in [1.82, 2.24) is 4.57 Å². The van der Waals surface area contributed by atoms with Gasteiger partial charge in [0.1, 0.15) is 0 Å². The number of hydrogen-bond donors (Lipinski definition) is 0. The van der Waals surface area contributed by atoms with Crippen LogP contribution in [0.15, 0.2) is 78.9 Å². The van der Waals surface area contributed by atoms with Crippen LogP contribution in [0.3, 0.4) is 0 Å². The summed E-state index contributed by atoms with van der Waals surface area (Å²) in [5, 5.41) is 5.63. The zero-order valence-corrected chi connectivity index (χ0v) is 17.9. The zero-order chi connectivity index (χ0) is 21.4. The Morgan fingerprint density at radius 2 is 1.35 bits per heavy atom. The molecule has 0 unspecified atom stereocenters. The molecule has 5 rings (SSSR count). The smallest absolute Gasteiger partial charge is 0.340 e. The van der Waals surface area contributed by atoms with Gasteiger partial charge < -0.3 is 9.30 Å². The van der Waals surface area contributed by atoms with Crippen molar-refractivity contribution in [2.45, 2.75) is 19.8 Å². The number of ether oxygens (including phenoxy) is 1. The molecule has 31 heavy (non-hydrogen) atoms. The average molecular weight is 408 g/mol. The Morgan fingerprint density at radius 3 is 2.03 bits per heavy atom.